The molecule has 3 N–H and O–H groups in total. The van der Waals surface area contributed by atoms with Crippen molar-refractivity contribution < 1.29 is 19.1 Å². The molecule has 1 atom stereocenters. The number of hydrogen-bond acceptors (Lipinski definition) is 3. The van der Waals surface area contributed by atoms with E-state index >= 15 is 0 Å². The van der Waals surface area contributed by atoms with Crippen molar-refractivity contribution in [2.75, 3.05) is 6.54 Å². The van der Waals surface area contributed by atoms with Crippen molar-refractivity contribution in [3.63, 3.8) is 0 Å². The van der Waals surface area contributed by atoms with Crippen molar-refractivity contribution in [1.82, 2.24) is 20.2 Å². The topological polar surface area (TPSA) is 98.3 Å². The van der Waals surface area contributed by atoms with Gasteiger partial charge >= 0.3 is 12.0 Å². The van der Waals surface area contributed by atoms with Gasteiger partial charge in [-0.15, -0.1) is 0 Å². The van der Waals surface area contributed by atoms with Crippen molar-refractivity contribution in [3.05, 3.63) is 29.8 Å². The number of imidazole rings is 1. The molecule has 144 valence electrons. The van der Waals surface area contributed by atoms with Gasteiger partial charge in [0.15, 0.2) is 0 Å². The Labute approximate surface area is 156 Å². The van der Waals surface area contributed by atoms with E-state index in [9.17, 15) is 19.1 Å². The fourth-order valence-electron chi connectivity index (χ4n) is 4.27. The lowest BCUT2D eigenvalue weighted by Gasteiger charge is -2.37. The summed E-state index contributed by atoms with van der Waals surface area (Å²) in [5.74, 6) is -0.706. The van der Waals surface area contributed by atoms with Gasteiger partial charge in [0, 0.05) is 6.54 Å². The number of carbonyl (C=O) groups excluding carboxylic acids is 1. The summed E-state index contributed by atoms with van der Waals surface area (Å²) in [6.45, 7) is 0.539. The fourth-order valence-corrected chi connectivity index (χ4v) is 4.27. The van der Waals surface area contributed by atoms with Gasteiger partial charge in [0.1, 0.15) is 17.2 Å². The van der Waals surface area contributed by atoms with E-state index in [0.29, 0.717) is 36.2 Å². The third-order valence-corrected chi connectivity index (χ3v) is 5.75. The van der Waals surface area contributed by atoms with Crippen LogP contribution in [0.4, 0.5) is 9.18 Å². The molecule has 2 aromatic rings. The SMILES string of the molecule is O=C(NC1(C(=O)O)CCCC1)N1CCCC[C@H]1c1nc2ccc(F)cc2[nH]1. The van der Waals surface area contributed by atoms with Crippen LogP contribution in [0.2, 0.25) is 0 Å². The first-order valence-corrected chi connectivity index (χ1v) is 9.46. The number of carboxylic acids is 1. The zero-order valence-electron chi connectivity index (χ0n) is 15.0. The smallest absolute Gasteiger partial charge is 0.329 e. The molecule has 1 aromatic carbocycles. The zero-order chi connectivity index (χ0) is 19.0. The molecule has 0 unspecified atom stereocenters. The Morgan fingerprint density at radius 2 is 2.04 bits per heavy atom. The number of H-pyrrole nitrogens is 1. The van der Waals surface area contributed by atoms with Crippen molar-refractivity contribution in [2.24, 2.45) is 0 Å². The zero-order valence-corrected chi connectivity index (χ0v) is 15.0. The molecule has 1 saturated carbocycles. The van der Waals surface area contributed by atoms with Crippen molar-refractivity contribution in [1.29, 1.82) is 0 Å². The molecule has 1 aromatic heterocycles. The van der Waals surface area contributed by atoms with Crippen LogP contribution in [0, 0.1) is 5.82 Å². The third kappa shape index (κ3) is 3.24. The highest BCUT2D eigenvalue weighted by Crippen LogP contribution is 2.33. The minimum Gasteiger partial charge on any atom is -0.480 e. The minimum atomic E-state index is -1.17. The van der Waals surface area contributed by atoms with Crippen molar-refractivity contribution >= 4 is 23.0 Å². The predicted molar refractivity (Wildman–Crippen MR) is 96.7 cm³/mol. The highest BCUT2D eigenvalue weighted by Gasteiger charge is 2.44. The number of halogens is 1. The number of likely N-dealkylation sites (tertiary alicyclic amines) is 1. The quantitative estimate of drug-likeness (QED) is 0.767. The average Bonchev–Trinajstić information content (AvgIpc) is 3.29. The fraction of sp³-hybridized carbons (Fsp3) is 0.526. The number of nitrogens with zero attached hydrogens (tertiary/aromatic N) is 2. The molecule has 4 rings (SSSR count). The molecule has 1 saturated heterocycles. The molecule has 1 aliphatic carbocycles. The normalized spacial score (nSPS) is 22.1. The Hall–Kier alpha value is -2.64. The number of aromatic amines is 1. The second kappa shape index (κ2) is 6.83. The number of aromatic nitrogens is 2. The van der Waals surface area contributed by atoms with Crippen LogP contribution in [0.25, 0.3) is 11.0 Å². The molecule has 0 radical (unpaired) electrons. The molecule has 2 amide bonds. The Balaban J connectivity index is 1.59. The molecule has 1 aliphatic heterocycles. The number of carboxylic acid groups (broad SMARTS) is 1. The Kier molecular flexibility index (Phi) is 4.49. The lowest BCUT2D eigenvalue weighted by atomic mass is 9.97. The van der Waals surface area contributed by atoms with Gasteiger partial charge in [-0.2, -0.15) is 0 Å². The van der Waals surface area contributed by atoms with E-state index in [0.717, 1.165) is 32.1 Å². The number of hydrogen-bond donors (Lipinski definition) is 3. The van der Waals surface area contributed by atoms with E-state index in [-0.39, 0.29) is 17.9 Å². The van der Waals surface area contributed by atoms with Crippen molar-refractivity contribution in [2.45, 2.75) is 56.5 Å². The summed E-state index contributed by atoms with van der Waals surface area (Å²) in [5, 5.41) is 12.4. The molecule has 0 bridgehead atoms. The maximum atomic E-state index is 13.5. The minimum absolute atomic E-state index is 0.276. The van der Waals surface area contributed by atoms with Gasteiger partial charge in [-0.05, 0) is 50.3 Å². The predicted octanol–water partition coefficient (Wildman–Crippen LogP) is 3.34. The van der Waals surface area contributed by atoms with Crippen molar-refractivity contribution in [3.8, 4) is 0 Å². The molecular formula is C19H23FN4O3. The number of piperidine rings is 1. The van der Waals surface area contributed by atoms with Crippen LogP contribution in [-0.2, 0) is 4.79 Å². The number of aliphatic carboxylic acids is 1. The van der Waals surface area contributed by atoms with Gasteiger partial charge in [0.2, 0.25) is 0 Å². The molecule has 0 spiro atoms. The van der Waals surface area contributed by atoms with Gasteiger partial charge in [0.25, 0.3) is 0 Å². The third-order valence-electron chi connectivity index (χ3n) is 5.75. The Morgan fingerprint density at radius 1 is 1.26 bits per heavy atom. The Morgan fingerprint density at radius 3 is 2.78 bits per heavy atom. The van der Waals surface area contributed by atoms with Crippen LogP contribution in [0.15, 0.2) is 18.2 Å². The number of urea groups is 1. The van der Waals surface area contributed by atoms with Gasteiger partial charge < -0.3 is 20.3 Å². The lowest BCUT2D eigenvalue weighted by molar-refractivity contribution is -0.144. The molecular weight excluding hydrogens is 351 g/mol. The van der Waals surface area contributed by atoms with E-state index in [1.54, 1.807) is 11.0 Å². The van der Waals surface area contributed by atoms with Crippen LogP contribution in [0.5, 0.6) is 0 Å². The number of nitrogens with one attached hydrogen (secondary N) is 2. The first-order chi connectivity index (χ1) is 13.0. The first-order valence-electron chi connectivity index (χ1n) is 9.46. The summed E-state index contributed by atoms with van der Waals surface area (Å²) >= 11 is 0. The summed E-state index contributed by atoms with van der Waals surface area (Å²) < 4.78 is 13.5. The van der Waals surface area contributed by atoms with Crippen LogP contribution in [0.3, 0.4) is 0 Å². The van der Waals surface area contributed by atoms with Gasteiger partial charge in [-0.25, -0.2) is 19.0 Å². The van der Waals surface area contributed by atoms with E-state index in [2.05, 4.69) is 15.3 Å². The van der Waals surface area contributed by atoms with Crippen LogP contribution < -0.4 is 5.32 Å². The largest absolute Gasteiger partial charge is 0.480 e. The molecule has 7 nitrogen and oxygen atoms in total. The number of carbonyl (C=O) groups is 2. The summed E-state index contributed by atoms with van der Waals surface area (Å²) in [6.07, 6.45) is 5.04. The summed E-state index contributed by atoms with van der Waals surface area (Å²) in [4.78, 5) is 34.1. The number of benzene rings is 1. The van der Waals surface area contributed by atoms with E-state index in [1.807, 2.05) is 0 Å². The van der Waals surface area contributed by atoms with E-state index in [4.69, 9.17) is 0 Å². The summed E-state index contributed by atoms with van der Waals surface area (Å²) in [7, 11) is 0. The van der Waals surface area contributed by atoms with E-state index < -0.39 is 11.5 Å². The second-order valence-electron chi connectivity index (χ2n) is 7.51. The average molecular weight is 374 g/mol. The molecule has 2 heterocycles. The van der Waals surface area contributed by atoms with Crippen LogP contribution >= 0.6 is 0 Å². The molecule has 2 aliphatic rings. The summed E-state index contributed by atoms with van der Waals surface area (Å²) in [6, 6.07) is 3.71. The van der Waals surface area contributed by atoms with Gasteiger partial charge in [-0.1, -0.05) is 12.8 Å². The monoisotopic (exact) mass is 374 g/mol. The van der Waals surface area contributed by atoms with Crippen LogP contribution in [0.1, 0.15) is 56.8 Å². The highest BCUT2D eigenvalue weighted by atomic mass is 19.1. The molecule has 8 heteroatoms. The first kappa shape index (κ1) is 17.8. The maximum absolute atomic E-state index is 13.5. The van der Waals surface area contributed by atoms with Crippen LogP contribution in [-0.4, -0.2) is 44.1 Å². The number of fused-ring (bicyclic) bond motifs is 1. The number of amides is 2. The second-order valence-corrected chi connectivity index (χ2v) is 7.51. The molecule has 2 fully saturated rings. The van der Waals surface area contributed by atoms with Gasteiger partial charge in [0.05, 0.1) is 17.1 Å². The van der Waals surface area contributed by atoms with E-state index in [1.165, 1.54) is 12.1 Å². The summed E-state index contributed by atoms with van der Waals surface area (Å²) in [5.41, 5.74) is 0.0691. The number of rotatable bonds is 3. The lowest BCUT2D eigenvalue weighted by Crippen LogP contribution is -2.57. The molecule has 27 heavy (non-hydrogen) atoms. The Bertz CT molecular complexity index is 875. The highest BCUT2D eigenvalue weighted by molar-refractivity contribution is 5.87. The van der Waals surface area contributed by atoms with Gasteiger partial charge in [-0.3, -0.25) is 0 Å². The standard InChI is InChI=1S/C19H23FN4O3/c20-12-6-7-13-14(11-12)22-16(21-13)15-5-1-4-10-24(15)18(27)23-19(17(25)26)8-2-3-9-19/h6-7,11,15H,1-5,8-10H2,(H,21,22)(H,23,27)(H,25,26)/t15-/m0/s1. The maximum Gasteiger partial charge on any atom is 0.329 e.